The Labute approximate surface area is 196 Å². The minimum atomic E-state index is -4.76. The van der Waals surface area contributed by atoms with E-state index in [-0.39, 0.29) is 24.6 Å². The van der Waals surface area contributed by atoms with Gasteiger partial charge in [0.1, 0.15) is 24.2 Å². The highest BCUT2D eigenvalue weighted by atomic mass is 35.5. The van der Waals surface area contributed by atoms with E-state index in [0.29, 0.717) is 27.5 Å². The molecule has 0 spiro atoms. The van der Waals surface area contributed by atoms with Crippen LogP contribution in [0.2, 0.25) is 5.02 Å². The van der Waals surface area contributed by atoms with Gasteiger partial charge in [-0.3, -0.25) is 0 Å². The van der Waals surface area contributed by atoms with Crippen molar-refractivity contribution in [3.8, 4) is 22.6 Å². The minimum Gasteiger partial charge on any atom is -0.491 e. The Morgan fingerprint density at radius 2 is 1.62 bits per heavy atom. The Balaban J connectivity index is 1.50. The van der Waals surface area contributed by atoms with Gasteiger partial charge in [0.2, 0.25) is 0 Å². The molecule has 0 aliphatic heterocycles. The van der Waals surface area contributed by atoms with E-state index >= 15 is 0 Å². The molecule has 11 heteroatoms. The highest BCUT2D eigenvalue weighted by Gasteiger charge is 2.31. The zero-order valence-electron chi connectivity index (χ0n) is 17.8. The van der Waals surface area contributed by atoms with Crippen LogP contribution >= 0.6 is 11.6 Å². The van der Waals surface area contributed by atoms with Crippen LogP contribution in [0.15, 0.2) is 71.7 Å². The molecule has 0 amide bonds. The molecular weight excluding hydrogens is 475 g/mol. The van der Waals surface area contributed by atoms with Crippen molar-refractivity contribution in [2.24, 2.45) is 0 Å². The summed E-state index contributed by atoms with van der Waals surface area (Å²) in [6, 6.07) is 15.6. The molecular formula is C23H19ClF3N3O4. The lowest BCUT2D eigenvalue weighted by Crippen LogP contribution is -2.32. The first-order chi connectivity index (χ1) is 16.2. The number of benzene rings is 2. The van der Waals surface area contributed by atoms with Crippen LogP contribution in [-0.4, -0.2) is 40.4 Å². The molecule has 4 rings (SSSR count). The molecule has 2 aromatic heterocycles. The molecule has 0 saturated carbocycles. The number of alkyl halides is 3. The third kappa shape index (κ3) is 5.70. The number of hydrogen-bond acceptors (Lipinski definition) is 5. The molecule has 1 unspecified atom stereocenters. The van der Waals surface area contributed by atoms with Crippen LogP contribution in [0.25, 0.3) is 16.8 Å². The maximum Gasteiger partial charge on any atom is 0.573 e. The van der Waals surface area contributed by atoms with Crippen molar-refractivity contribution in [1.82, 2.24) is 14.2 Å². The van der Waals surface area contributed by atoms with Crippen LogP contribution in [0.1, 0.15) is 0 Å². The van der Waals surface area contributed by atoms with E-state index in [2.05, 4.69) is 9.84 Å². The summed E-state index contributed by atoms with van der Waals surface area (Å²) in [4.78, 5) is 12.9. The second-order valence-corrected chi connectivity index (χ2v) is 7.74. The molecule has 0 aliphatic rings. The summed E-state index contributed by atoms with van der Waals surface area (Å²) in [6.45, 7) is 0.347. The van der Waals surface area contributed by atoms with E-state index in [1.807, 2.05) is 0 Å². The number of hydrogen-bond donors (Lipinski definition) is 0. The number of halogens is 4. The summed E-state index contributed by atoms with van der Waals surface area (Å²) in [6.07, 6.45) is -3.63. The summed E-state index contributed by atoms with van der Waals surface area (Å²) < 4.78 is 54.8. The van der Waals surface area contributed by atoms with Crippen molar-refractivity contribution >= 4 is 17.2 Å². The molecule has 1 atom stereocenters. The molecule has 0 radical (unpaired) electrons. The normalized spacial score (nSPS) is 12.6. The fourth-order valence-corrected chi connectivity index (χ4v) is 3.39. The molecule has 0 N–H and O–H groups in total. The Morgan fingerprint density at radius 1 is 0.971 bits per heavy atom. The van der Waals surface area contributed by atoms with Crippen LogP contribution in [0, 0.1) is 0 Å². The van der Waals surface area contributed by atoms with Crippen molar-refractivity contribution in [2.75, 3.05) is 13.7 Å². The van der Waals surface area contributed by atoms with Gasteiger partial charge in [-0.25, -0.2) is 13.9 Å². The second-order valence-electron chi connectivity index (χ2n) is 7.31. The number of pyridine rings is 1. The zero-order chi connectivity index (χ0) is 24.3. The van der Waals surface area contributed by atoms with E-state index in [1.165, 1.54) is 40.5 Å². The van der Waals surface area contributed by atoms with Crippen LogP contribution in [0.4, 0.5) is 13.2 Å². The zero-order valence-corrected chi connectivity index (χ0v) is 18.6. The van der Waals surface area contributed by atoms with E-state index in [0.717, 1.165) is 0 Å². The largest absolute Gasteiger partial charge is 0.573 e. The number of methoxy groups -OCH3 is 1. The number of fused-ring (bicyclic) bond motifs is 1. The first-order valence-corrected chi connectivity index (χ1v) is 10.5. The SMILES string of the molecule is COC(COc1ccc(Cl)cc1)Cn1nc2ccc(-c3ccc(OC(F)(F)F)cc3)cn2c1=O. The smallest absolute Gasteiger partial charge is 0.491 e. The first kappa shape index (κ1) is 23.7. The molecule has 0 bridgehead atoms. The molecule has 0 aliphatic carbocycles. The van der Waals surface area contributed by atoms with Gasteiger partial charge in [-0.2, -0.15) is 0 Å². The summed E-state index contributed by atoms with van der Waals surface area (Å²) in [5.41, 5.74) is 1.27. The van der Waals surface area contributed by atoms with Crippen molar-refractivity contribution in [2.45, 2.75) is 19.0 Å². The van der Waals surface area contributed by atoms with E-state index in [4.69, 9.17) is 21.1 Å². The third-order valence-corrected chi connectivity index (χ3v) is 5.21. The van der Waals surface area contributed by atoms with Crippen LogP contribution in [-0.2, 0) is 11.3 Å². The summed E-state index contributed by atoms with van der Waals surface area (Å²) in [5, 5.41) is 4.92. The monoisotopic (exact) mass is 493 g/mol. The molecule has 2 heterocycles. The fraction of sp³-hybridized carbons (Fsp3) is 0.217. The van der Waals surface area contributed by atoms with Crippen LogP contribution in [0.5, 0.6) is 11.5 Å². The van der Waals surface area contributed by atoms with E-state index < -0.39 is 12.5 Å². The standard InChI is InChI=1S/C23H19ClF3N3O4/c1-32-20(14-33-18-9-5-17(24)6-10-18)13-30-22(31)29-12-16(4-11-21(29)28-30)15-2-7-19(8-3-15)34-23(25,26)27/h2-12,20H,13-14H2,1H3. The van der Waals surface area contributed by atoms with Crippen molar-refractivity contribution in [3.63, 3.8) is 0 Å². The van der Waals surface area contributed by atoms with Gasteiger partial charge in [0, 0.05) is 18.3 Å². The molecule has 0 saturated heterocycles. The van der Waals surface area contributed by atoms with Crippen molar-refractivity contribution < 1.29 is 27.4 Å². The highest BCUT2D eigenvalue weighted by Crippen LogP contribution is 2.26. The quantitative estimate of drug-likeness (QED) is 0.352. The minimum absolute atomic E-state index is 0.156. The molecule has 7 nitrogen and oxygen atoms in total. The Hall–Kier alpha value is -3.50. The predicted octanol–water partition coefficient (Wildman–Crippen LogP) is 4.81. The molecule has 34 heavy (non-hydrogen) atoms. The van der Waals surface area contributed by atoms with Crippen molar-refractivity contribution in [3.05, 3.63) is 82.4 Å². The van der Waals surface area contributed by atoms with Crippen molar-refractivity contribution in [1.29, 1.82) is 0 Å². The van der Waals surface area contributed by atoms with Gasteiger partial charge in [-0.1, -0.05) is 23.7 Å². The summed E-state index contributed by atoms with van der Waals surface area (Å²) in [5.74, 6) is 0.291. The number of rotatable bonds is 8. The predicted molar refractivity (Wildman–Crippen MR) is 119 cm³/mol. The number of nitrogens with zero attached hydrogens (tertiary/aromatic N) is 3. The van der Waals surface area contributed by atoms with E-state index in [9.17, 15) is 18.0 Å². The maximum atomic E-state index is 12.9. The molecule has 4 aromatic rings. The average Bonchev–Trinajstić information content (AvgIpc) is 3.11. The Kier molecular flexibility index (Phi) is 6.80. The van der Waals surface area contributed by atoms with Gasteiger partial charge < -0.3 is 14.2 Å². The second kappa shape index (κ2) is 9.78. The highest BCUT2D eigenvalue weighted by molar-refractivity contribution is 6.30. The van der Waals surface area contributed by atoms with Gasteiger partial charge in [-0.05, 0) is 59.7 Å². The lowest BCUT2D eigenvalue weighted by molar-refractivity contribution is -0.274. The van der Waals surface area contributed by atoms with E-state index in [1.54, 1.807) is 42.6 Å². The fourth-order valence-electron chi connectivity index (χ4n) is 3.27. The number of ether oxygens (including phenoxy) is 3. The summed E-state index contributed by atoms with van der Waals surface area (Å²) in [7, 11) is 1.51. The molecule has 178 valence electrons. The summed E-state index contributed by atoms with van der Waals surface area (Å²) >= 11 is 5.87. The average molecular weight is 494 g/mol. The first-order valence-electron chi connectivity index (χ1n) is 10.1. The lowest BCUT2D eigenvalue weighted by atomic mass is 10.1. The Bertz CT molecular complexity index is 1320. The van der Waals surface area contributed by atoms with Gasteiger partial charge >= 0.3 is 12.1 Å². The third-order valence-electron chi connectivity index (χ3n) is 4.96. The van der Waals surface area contributed by atoms with Crippen LogP contribution in [0.3, 0.4) is 0 Å². The number of aromatic nitrogens is 3. The maximum absolute atomic E-state index is 12.9. The van der Waals surface area contributed by atoms with Gasteiger partial charge in [0.25, 0.3) is 0 Å². The molecule has 2 aromatic carbocycles. The lowest BCUT2D eigenvalue weighted by Gasteiger charge is -2.15. The van der Waals surface area contributed by atoms with Gasteiger partial charge in [0.05, 0.1) is 6.54 Å². The Morgan fingerprint density at radius 3 is 2.26 bits per heavy atom. The molecule has 0 fully saturated rings. The van der Waals surface area contributed by atoms with Crippen LogP contribution < -0.4 is 15.2 Å². The van der Waals surface area contributed by atoms with Gasteiger partial charge in [-0.15, -0.1) is 18.3 Å². The van der Waals surface area contributed by atoms with Gasteiger partial charge in [0.15, 0.2) is 5.65 Å². The topological polar surface area (TPSA) is 67.0 Å².